The SMILES string of the molecule is C[n+]1ccsc1N=Nc1ccc2c(c1)CCCN2CCOCCOCCOCCOCCOCCOCCOCCOCCOCCO. The summed E-state index contributed by atoms with van der Waals surface area (Å²) in [5.74, 6) is 0. The largest absolute Gasteiger partial charge is 0.408 e. The molecule has 15 heteroatoms. The molecule has 1 aliphatic rings. The van der Waals surface area contributed by atoms with Gasteiger partial charge >= 0.3 is 5.13 Å². The van der Waals surface area contributed by atoms with Gasteiger partial charge in [0.15, 0.2) is 0 Å². The molecule has 2 aromatic rings. The minimum absolute atomic E-state index is 0.0263. The number of thiazole rings is 1. The van der Waals surface area contributed by atoms with Crippen LogP contribution in [0.1, 0.15) is 12.0 Å². The van der Waals surface area contributed by atoms with Crippen LogP contribution in [0, 0.1) is 0 Å². The second kappa shape index (κ2) is 27.6. The van der Waals surface area contributed by atoms with E-state index in [0.29, 0.717) is 119 Å². The van der Waals surface area contributed by atoms with Gasteiger partial charge in [0, 0.05) is 24.2 Å². The summed E-state index contributed by atoms with van der Waals surface area (Å²) in [6.07, 6.45) is 4.15. The number of rotatable bonds is 31. The van der Waals surface area contributed by atoms with Crippen LogP contribution in [0.5, 0.6) is 0 Å². The van der Waals surface area contributed by atoms with Gasteiger partial charge in [-0.15, -0.1) is 0 Å². The first-order chi connectivity index (χ1) is 23.8. The van der Waals surface area contributed by atoms with Gasteiger partial charge in [0.1, 0.15) is 11.9 Å². The average Bonchev–Trinajstić information content (AvgIpc) is 3.52. The van der Waals surface area contributed by atoms with E-state index in [2.05, 4.69) is 27.3 Å². The van der Waals surface area contributed by atoms with Crippen LogP contribution in [-0.4, -0.2) is 144 Å². The molecule has 0 saturated carbocycles. The number of hydrogen-bond acceptors (Lipinski definition) is 14. The van der Waals surface area contributed by atoms with Gasteiger partial charge in [0.05, 0.1) is 138 Å². The number of nitrogens with zero attached hydrogens (tertiary/aromatic N) is 4. The van der Waals surface area contributed by atoms with Crippen molar-refractivity contribution in [3.63, 3.8) is 0 Å². The summed E-state index contributed by atoms with van der Waals surface area (Å²) >= 11 is 1.57. The molecule has 3 rings (SSSR count). The molecule has 0 saturated heterocycles. The highest BCUT2D eigenvalue weighted by Gasteiger charge is 2.17. The number of aliphatic hydroxyl groups excluding tert-OH is 1. The van der Waals surface area contributed by atoms with Crippen molar-refractivity contribution in [3.05, 3.63) is 35.3 Å². The predicted molar refractivity (Wildman–Crippen MR) is 181 cm³/mol. The van der Waals surface area contributed by atoms with E-state index in [0.717, 1.165) is 36.8 Å². The fourth-order valence-corrected chi connectivity index (χ4v) is 5.26. The first-order valence-corrected chi connectivity index (χ1v) is 17.7. The van der Waals surface area contributed by atoms with Crippen LogP contribution in [0.15, 0.2) is 40.0 Å². The molecular weight excluding hydrogens is 644 g/mol. The van der Waals surface area contributed by atoms with E-state index in [1.54, 1.807) is 11.3 Å². The first kappa shape index (κ1) is 40.3. The highest BCUT2D eigenvalue weighted by atomic mass is 32.1. The van der Waals surface area contributed by atoms with Crippen LogP contribution in [-0.2, 0) is 56.1 Å². The maximum Gasteiger partial charge on any atom is 0.408 e. The van der Waals surface area contributed by atoms with Crippen LogP contribution < -0.4 is 9.47 Å². The van der Waals surface area contributed by atoms with Crippen molar-refractivity contribution in [3.8, 4) is 0 Å². The summed E-state index contributed by atoms with van der Waals surface area (Å²) in [5, 5.41) is 20.3. The molecule has 0 bridgehead atoms. The summed E-state index contributed by atoms with van der Waals surface area (Å²) < 4.78 is 51.3. The van der Waals surface area contributed by atoms with E-state index in [1.165, 1.54) is 11.3 Å². The zero-order valence-electron chi connectivity index (χ0n) is 28.5. The molecule has 0 fully saturated rings. The van der Waals surface area contributed by atoms with Gasteiger partial charge in [-0.05, 0) is 53.1 Å². The summed E-state index contributed by atoms with van der Waals surface area (Å²) in [5.41, 5.74) is 3.46. The van der Waals surface area contributed by atoms with Crippen molar-refractivity contribution in [1.29, 1.82) is 0 Å². The second-order valence-electron chi connectivity index (χ2n) is 10.6. The van der Waals surface area contributed by atoms with Gasteiger partial charge in [-0.25, -0.2) is 4.57 Å². The molecule has 0 radical (unpaired) electrons. The number of anilines is 1. The molecule has 0 amide bonds. The van der Waals surface area contributed by atoms with Crippen LogP contribution in [0.25, 0.3) is 0 Å². The number of azo groups is 1. The van der Waals surface area contributed by atoms with Gasteiger partial charge in [0.2, 0.25) is 0 Å². The molecule has 0 unspecified atom stereocenters. The number of aromatic nitrogens is 1. The third-order valence-electron chi connectivity index (χ3n) is 7.01. The van der Waals surface area contributed by atoms with E-state index in [4.69, 9.17) is 47.7 Å². The molecule has 2 heterocycles. The lowest BCUT2D eigenvalue weighted by Crippen LogP contribution is -2.32. The lowest BCUT2D eigenvalue weighted by atomic mass is 10.0. The standard InChI is InChI=1S/C33H55N4O10S/c1-36-8-28-48-33(36)35-34-31-4-5-32-30(29-31)3-2-6-37(32)7-10-39-12-14-41-16-18-43-20-22-45-24-26-47-27-25-46-23-21-44-19-17-42-15-13-40-11-9-38/h4-5,8,28-29,38H,2-3,6-7,9-27H2,1H3/q+1. The molecule has 0 aliphatic carbocycles. The topological polar surface area (TPSA) is 135 Å². The minimum atomic E-state index is 0.0263. The number of aryl methyl sites for hydroxylation is 2. The number of fused-ring (bicyclic) bond motifs is 1. The summed E-state index contributed by atoms with van der Waals surface area (Å²) in [6.45, 7) is 11.1. The normalized spacial score (nSPS) is 13.2. The van der Waals surface area contributed by atoms with Crippen LogP contribution in [0.3, 0.4) is 0 Å². The van der Waals surface area contributed by atoms with Crippen LogP contribution in [0.2, 0.25) is 0 Å². The Bertz CT molecular complexity index is 1100. The van der Waals surface area contributed by atoms with E-state index < -0.39 is 0 Å². The second-order valence-corrected chi connectivity index (χ2v) is 11.5. The predicted octanol–water partition coefficient (Wildman–Crippen LogP) is 2.88. The Morgan fingerprint density at radius 1 is 0.667 bits per heavy atom. The third-order valence-corrected chi connectivity index (χ3v) is 7.84. The summed E-state index contributed by atoms with van der Waals surface area (Å²) in [4.78, 5) is 2.39. The highest BCUT2D eigenvalue weighted by molar-refractivity contribution is 7.12. The van der Waals surface area contributed by atoms with Crippen molar-refractivity contribution >= 4 is 27.8 Å². The van der Waals surface area contributed by atoms with Gasteiger partial charge in [-0.2, -0.15) is 0 Å². The van der Waals surface area contributed by atoms with Gasteiger partial charge in [-0.1, -0.05) is 0 Å². The van der Waals surface area contributed by atoms with Gasteiger partial charge in [-0.3, -0.25) is 0 Å². The Labute approximate surface area is 288 Å². The Hall–Kier alpha value is -2.15. The lowest BCUT2D eigenvalue weighted by Gasteiger charge is -2.31. The Balaban J connectivity index is 1.03. The maximum atomic E-state index is 8.59. The number of ether oxygens (including phenoxy) is 9. The zero-order valence-corrected chi connectivity index (χ0v) is 29.3. The van der Waals surface area contributed by atoms with Crippen molar-refractivity contribution in [2.45, 2.75) is 12.8 Å². The third kappa shape index (κ3) is 18.6. The van der Waals surface area contributed by atoms with Crippen LogP contribution in [0.4, 0.5) is 16.5 Å². The molecule has 14 nitrogen and oxygen atoms in total. The molecule has 0 spiro atoms. The van der Waals surface area contributed by atoms with Crippen molar-refractivity contribution in [1.82, 2.24) is 0 Å². The molecule has 0 atom stereocenters. The van der Waals surface area contributed by atoms with E-state index >= 15 is 0 Å². The summed E-state index contributed by atoms with van der Waals surface area (Å²) in [6, 6.07) is 6.33. The molecule has 1 aliphatic heterocycles. The summed E-state index contributed by atoms with van der Waals surface area (Å²) in [7, 11) is 1.97. The molecule has 1 aromatic heterocycles. The van der Waals surface area contributed by atoms with Crippen molar-refractivity contribution in [2.75, 3.05) is 144 Å². The number of benzene rings is 1. The molecule has 272 valence electrons. The fraction of sp³-hybridized carbons (Fsp3) is 0.727. The maximum absolute atomic E-state index is 8.59. The number of aliphatic hydroxyl groups is 1. The first-order valence-electron chi connectivity index (χ1n) is 16.8. The average molecular weight is 700 g/mol. The smallest absolute Gasteiger partial charge is 0.394 e. The van der Waals surface area contributed by atoms with E-state index in [1.807, 2.05) is 29.3 Å². The van der Waals surface area contributed by atoms with Crippen molar-refractivity contribution in [2.24, 2.45) is 17.3 Å². The molecule has 1 aromatic carbocycles. The zero-order chi connectivity index (χ0) is 33.7. The van der Waals surface area contributed by atoms with Gasteiger partial charge < -0.3 is 52.6 Å². The Morgan fingerprint density at radius 2 is 1.15 bits per heavy atom. The fourth-order valence-electron chi connectivity index (χ4n) is 4.58. The Kier molecular flexibility index (Phi) is 23.2. The lowest BCUT2D eigenvalue weighted by molar-refractivity contribution is -0.654. The van der Waals surface area contributed by atoms with Gasteiger partial charge in [0.25, 0.3) is 0 Å². The molecule has 48 heavy (non-hydrogen) atoms. The van der Waals surface area contributed by atoms with E-state index in [-0.39, 0.29) is 6.61 Å². The quantitative estimate of drug-likeness (QED) is 0.0708. The Morgan fingerprint density at radius 3 is 1.60 bits per heavy atom. The van der Waals surface area contributed by atoms with Crippen LogP contribution >= 0.6 is 11.3 Å². The molecular formula is C33H55N4O10S+. The minimum Gasteiger partial charge on any atom is -0.394 e. The highest BCUT2D eigenvalue weighted by Crippen LogP contribution is 2.31. The monoisotopic (exact) mass is 699 g/mol. The molecule has 1 N–H and O–H groups in total. The number of hydrogen-bond donors (Lipinski definition) is 1. The van der Waals surface area contributed by atoms with Crippen molar-refractivity contribution < 1.29 is 52.3 Å². The van der Waals surface area contributed by atoms with E-state index in [9.17, 15) is 0 Å².